The lowest BCUT2D eigenvalue weighted by molar-refractivity contribution is 1.18. The van der Waals surface area contributed by atoms with E-state index in [4.69, 9.17) is 0 Å². The smallest absolute Gasteiger partial charge is 0.0547 e. The maximum absolute atomic E-state index is 3.65. The molecule has 212 valence electrons. The van der Waals surface area contributed by atoms with Gasteiger partial charge in [-0.1, -0.05) is 103 Å². The summed E-state index contributed by atoms with van der Waals surface area (Å²) in [4.78, 5) is 0. The van der Waals surface area contributed by atoms with Crippen LogP contribution >= 0.6 is 11.3 Å². The van der Waals surface area contributed by atoms with E-state index in [-0.39, 0.29) is 0 Å². The van der Waals surface area contributed by atoms with Gasteiger partial charge >= 0.3 is 0 Å². The SMILES string of the molecule is c1ccc(-c2ccc(Nc3ccc4sc5cccc(-c6ccc7c8ccccc8n(-c8ccccc8)c7c6)c5c4c3)cc2)cc1. The number of nitrogens with one attached hydrogen (secondary N) is 1. The number of benzene rings is 7. The summed E-state index contributed by atoms with van der Waals surface area (Å²) in [6, 6.07) is 59.0. The van der Waals surface area contributed by atoms with E-state index < -0.39 is 0 Å². The van der Waals surface area contributed by atoms with Crippen molar-refractivity contribution in [2.24, 2.45) is 0 Å². The Hall–Kier alpha value is -5.64. The van der Waals surface area contributed by atoms with E-state index >= 15 is 0 Å². The van der Waals surface area contributed by atoms with Crippen molar-refractivity contribution in [3.63, 3.8) is 0 Å². The summed E-state index contributed by atoms with van der Waals surface area (Å²) in [5, 5.41) is 8.78. The molecular formula is C42H28N2S. The van der Waals surface area contributed by atoms with Crippen molar-refractivity contribution in [2.75, 3.05) is 5.32 Å². The lowest BCUT2D eigenvalue weighted by atomic mass is 9.98. The lowest BCUT2D eigenvalue weighted by Gasteiger charge is -2.10. The molecule has 0 aliphatic carbocycles. The van der Waals surface area contributed by atoms with Crippen LogP contribution in [0.4, 0.5) is 11.4 Å². The van der Waals surface area contributed by atoms with Crippen LogP contribution in [0, 0.1) is 0 Å². The van der Waals surface area contributed by atoms with Gasteiger partial charge in [0.1, 0.15) is 0 Å². The van der Waals surface area contributed by atoms with E-state index in [0.29, 0.717) is 0 Å². The lowest BCUT2D eigenvalue weighted by Crippen LogP contribution is -1.93. The molecule has 0 spiro atoms. The first kappa shape index (κ1) is 25.8. The highest BCUT2D eigenvalue weighted by molar-refractivity contribution is 7.26. The molecule has 0 saturated heterocycles. The van der Waals surface area contributed by atoms with E-state index in [0.717, 1.165) is 11.4 Å². The van der Waals surface area contributed by atoms with Crippen LogP contribution in [0.15, 0.2) is 164 Å². The van der Waals surface area contributed by atoms with E-state index in [1.165, 1.54) is 69.9 Å². The molecule has 0 unspecified atom stereocenters. The molecule has 0 aliphatic rings. The van der Waals surface area contributed by atoms with Crippen LogP contribution in [0.1, 0.15) is 0 Å². The third kappa shape index (κ3) is 4.40. The molecule has 2 nitrogen and oxygen atoms in total. The van der Waals surface area contributed by atoms with Crippen molar-refractivity contribution in [3.05, 3.63) is 164 Å². The maximum Gasteiger partial charge on any atom is 0.0547 e. The van der Waals surface area contributed by atoms with Gasteiger partial charge < -0.3 is 9.88 Å². The Balaban J connectivity index is 1.16. The van der Waals surface area contributed by atoms with Gasteiger partial charge in [-0.25, -0.2) is 0 Å². The fraction of sp³-hybridized carbons (Fsp3) is 0. The van der Waals surface area contributed by atoms with Gasteiger partial charge in [0.2, 0.25) is 0 Å². The van der Waals surface area contributed by atoms with E-state index in [2.05, 4.69) is 174 Å². The number of fused-ring (bicyclic) bond motifs is 6. The molecule has 1 N–H and O–H groups in total. The molecule has 9 aromatic rings. The Morgan fingerprint density at radius 2 is 1.11 bits per heavy atom. The van der Waals surface area contributed by atoms with E-state index in [1.807, 2.05) is 11.3 Å². The molecular weight excluding hydrogens is 565 g/mol. The van der Waals surface area contributed by atoms with Crippen LogP contribution in [0.5, 0.6) is 0 Å². The Bertz CT molecular complexity index is 2490. The summed E-state index contributed by atoms with van der Waals surface area (Å²) in [6.07, 6.45) is 0. The van der Waals surface area contributed by atoms with Crippen LogP contribution in [0.25, 0.3) is 69.9 Å². The summed E-state index contributed by atoms with van der Waals surface area (Å²) >= 11 is 1.86. The van der Waals surface area contributed by atoms with Crippen LogP contribution in [-0.2, 0) is 0 Å². The van der Waals surface area contributed by atoms with Gasteiger partial charge in [-0.15, -0.1) is 11.3 Å². The number of anilines is 2. The number of hydrogen-bond acceptors (Lipinski definition) is 2. The summed E-state index contributed by atoms with van der Waals surface area (Å²) in [7, 11) is 0. The summed E-state index contributed by atoms with van der Waals surface area (Å²) in [6.45, 7) is 0. The number of hydrogen-bond donors (Lipinski definition) is 1. The second-order valence-corrected chi connectivity index (χ2v) is 12.6. The van der Waals surface area contributed by atoms with Crippen molar-refractivity contribution in [3.8, 4) is 27.9 Å². The van der Waals surface area contributed by atoms with Crippen LogP contribution in [0.2, 0.25) is 0 Å². The molecule has 0 amide bonds. The zero-order chi connectivity index (χ0) is 29.7. The van der Waals surface area contributed by atoms with Gasteiger partial charge in [0.15, 0.2) is 0 Å². The normalized spacial score (nSPS) is 11.6. The predicted octanol–water partition coefficient (Wildman–Crippen LogP) is 12.2. The highest BCUT2D eigenvalue weighted by atomic mass is 32.1. The number of para-hydroxylation sites is 2. The molecule has 3 heteroatoms. The molecule has 0 atom stereocenters. The summed E-state index contributed by atoms with van der Waals surface area (Å²) < 4.78 is 4.99. The van der Waals surface area contributed by atoms with Crippen molar-refractivity contribution in [1.29, 1.82) is 0 Å². The highest BCUT2D eigenvalue weighted by Crippen LogP contribution is 2.43. The molecule has 0 bridgehead atoms. The first-order chi connectivity index (χ1) is 22.3. The third-order valence-corrected chi connectivity index (χ3v) is 9.91. The maximum atomic E-state index is 3.65. The number of aromatic nitrogens is 1. The highest BCUT2D eigenvalue weighted by Gasteiger charge is 2.16. The molecule has 45 heavy (non-hydrogen) atoms. The zero-order valence-electron chi connectivity index (χ0n) is 24.4. The first-order valence-electron chi connectivity index (χ1n) is 15.3. The van der Waals surface area contributed by atoms with Gasteiger partial charge in [-0.2, -0.15) is 0 Å². The van der Waals surface area contributed by atoms with Gasteiger partial charge in [-0.05, 0) is 82.9 Å². The average Bonchev–Trinajstić information content (AvgIpc) is 3.64. The fourth-order valence-electron chi connectivity index (χ4n) is 6.68. The van der Waals surface area contributed by atoms with Crippen LogP contribution < -0.4 is 5.32 Å². The summed E-state index contributed by atoms with van der Waals surface area (Å²) in [5.74, 6) is 0. The minimum Gasteiger partial charge on any atom is -0.356 e. The molecule has 0 fully saturated rings. The Morgan fingerprint density at radius 3 is 1.96 bits per heavy atom. The largest absolute Gasteiger partial charge is 0.356 e. The monoisotopic (exact) mass is 592 g/mol. The first-order valence-corrected chi connectivity index (χ1v) is 16.1. The van der Waals surface area contributed by atoms with E-state index in [9.17, 15) is 0 Å². The average molecular weight is 593 g/mol. The van der Waals surface area contributed by atoms with Crippen LogP contribution in [-0.4, -0.2) is 4.57 Å². The molecule has 0 aliphatic heterocycles. The topological polar surface area (TPSA) is 17.0 Å². The minimum absolute atomic E-state index is 1.08. The van der Waals surface area contributed by atoms with Gasteiger partial charge in [0.25, 0.3) is 0 Å². The molecule has 2 heterocycles. The Kier molecular flexibility index (Phi) is 6.03. The predicted molar refractivity (Wildman–Crippen MR) is 194 cm³/mol. The second kappa shape index (κ2) is 10.5. The van der Waals surface area contributed by atoms with Crippen LogP contribution in [0.3, 0.4) is 0 Å². The van der Waals surface area contributed by atoms with Crippen molar-refractivity contribution >= 4 is 64.7 Å². The van der Waals surface area contributed by atoms with E-state index in [1.54, 1.807) is 0 Å². The molecule has 0 radical (unpaired) electrons. The minimum atomic E-state index is 1.08. The van der Waals surface area contributed by atoms with Gasteiger partial charge in [-0.3, -0.25) is 0 Å². The van der Waals surface area contributed by atoms with Crippen molar-refractivity contribution in [2.45, 2.75) is 0 Å². The number of thiophene rings is 1. The van der Waals surface area contributed by atoms with Gasteiger partial charge in [0.05, 0.1) is 11.0 Å². The second-order valence-electron chi connectivity index (χ2n) is 11.5. The number of nitrogens with zero attached hydrogens (tertiary/aromatic N) is 1. The quantitative estimate of drug-likeness (QED) is 0.210. The molecule has 2 aromatic heterocycles. The summed E-state index contributed by atoms with van der Waals surface area (Å²) in [5.41, 5.74) is 10.7. The fourth-order valence-corrected chi connectivity index (χ4v) is 7.79. The molecule has 0 saturated carbocycles. The zero-order valence-corrected chi connectivity index (χ0v) is 25.3. The van der Waals surface area contributed by atoms with Crippen molar-refractivity contribution in [1.82, 2.24) is 4.57 Å². The van der Waals surface area contributed by atoms with Gasteiger partial charge in [0, 0.05) is 48.0 Å². The van der Waals surface area contributed by atoms with Crippen molar-refractivity contribution < 1.29 is 0 Å². The Labute approximate surface area is 265 Å². The third-order valence-electron chi connectivity index (χ3n) is 8.77. The standard InChI is InChI=1S/C42H28N2S/c1-3-10-28(11-4-1)29-18-21-31(22-19-29)43-32-23-25-40-37(27-32)42-34(15-9-17-41(42)45-40)30-20-24-36-35-14-7-8-16-38(35)44(39(36)26-30)33-12-5-2-6-13-33/h1-27,43H. The number of rotatable bonds is 5. The Morgan fingerprint density at radius 1 is 0.422 bits per heavy atom. The molecule has 9 rings (SSSR count). The molecule has 7 aromatic carbocycles.